The summed E-state index contributed by atoms with van der Waals surface area (Å²) in [4.78, 5) is 0. The maximum Gasteiger partial charge on any atom is 0.134 e. The number of hydrogen-bond donors (Lipinski definition) is 0. The van der Waals surface area contributed by atoms with Crippen LogP contribution in [-0.2, 0) is 25.7 Å². The van der Waals surface area contributed by atoms with Gasteiger partial charge in [0.15, 0.2) is 0 Å². The van der Waals surface area contributed by atoms with Gasteiger partial charge in [0.05, 0.1) is 6.61 Å². The van der Waals surface area contributed by atoms with Crippen LogP contribution in [0.25, 0.3) is 10.8 Å². The first-order valence-electron chi connectivity index (χ1n) is 12.5. The van der Waals surface area contributed by atoms with Crippen LogP contribution in [0.4, 0.5) is 13.2 Å². The summed E-state index contributed by atoms with van der Waals surface area (Å²) in [6.07, 6.45) is 4.88. The Hall–Kier alpha value is -2.98. The van der Waals surface area contributed by atoms with Crippen LogP contribution >= 0.6 is 11.6 Å². The minimum absolute atomic E-state index is 0.0414. The Morgan fingerprint density at radius 3 is 2.14 bits per heavy atom. The molecule has 4 rings (SSSR count). The van der Waals surface area contributed by atoms with Crippen molar-refractivity contribution in [2.24, 2.45) is 0 Å². The van der Waals surface area contributed by atoms with Crippen molar-refractivity contribution < 1.29 is 17.9 Å². The number of aryl methyl sites for hydroxylation is 3. The van der Waals surface area contributed by atoms with Crippen molar-refractivity contribution in [1.29, 1.82) is 0 Å². The van der Waals surface area contributed by atoms with Gasteiger partial charge in [0, 0.05) is 28.1 Å². The number of rotatable bonds is 11. The van der Waals surface area contributed by atoms with Crippen LogP contribution < -0.4 is 4.74 Å². The third-order valence-electron chi connectivity index (χ3n) is 6.49. The summed E-state index contributed by atoms with van der Waals surface area (Å²) in [6.45, 7) is 2.53. The van der Waals surface area contributed by atoms with Gasteiger partial charge in [0.2, 0.25) is 0 Å². The smallest absolute Gasteiger partial charge is 0.134 e. The molecule has 0 bridgehead atoms. The molecule has 188 valence electrons. The molecule has 0 saturated carbocycles. The second-order valence-corrected chi connectivity index (χ2v) is 9.58. The molecule has 36 heavy (non-hydrogen) atoms. The van der Waals surface area contributed by atoms with Crippen molar-refractivity contribution in [3.05, 3.63) is 111 Å². The number of hydrogen-bond acceptors (Lipinski definition) is 1. The second-order valence-electron chi connectivity index (χ2n) is 9.14. The van der Waals surface area contributed by atoms with Gasteiger partial charge in [-0.25, -0.2) is 13.2 Å². The molecule has 4 aromatic rings. The van der Waals surface area contributed by atoms with Crippen molar-refractivity contribution >= 4 is 22.4 Å². The fourth-order valence-electron chi connectivity index (χ4n) is 4.38. The lowest BCUT2D eigenvalue weighted by atomic mass is 9.97. The quantitative estimate of drug-likeness (QED) is 0.183. The average Bonchev–Trinajstić information content (AvgIpc) is 2.87. The van der Waals surface area contributed by atoms with E-state index in [9.17, 15) is 8.78 Å². The molecular formula is C31H30ClF3O. The molecule has 0 aliphatic carbocycles. The second kappa shape index (κ2) is 12.3. The molecule has 0 saturated heterocycles. The van der Waals surface area contributed by atoms with Crippen LogP contribution in [0.15, 0.2) is 66.7 Å². The van der Waals surface area contributed by atoms with Crippen molar-refractivity contribution in [2.75, 3.05) is 6.61 Å². The first-order chi connectivity index (χ1) is 17.4. The van der Waals surface area contributed by atoms with Gasteiger partial charge < -0.3 is 4.74 Å². The highest BCUT2D eigenvalue weighted by Gasteiger charge is 2.13. The summed E-state index contributed by atoms with van der Waals surface area (Å²) >= 11 is 5.93. The third kappa shape index (κ3) is 6.61. The molecule has 0 N–H and O–H groups in total. The maximum absolute atomic E-state index is 15.2. The minimum atomic E-state index is -0.599. The van der Waals surface area contributed by atoms with E-state index in [1.165, 1.54) is 12.1 Å². The molecule has 0 spiro atoms. The topological polar surface area (TPSA) is 9.23 Å². The van der Waals surface area contributed by atoms with Crippen LogP contribution in [0.3, 0.4) is 0 Å². The number of fused-ring (bicyclic) bond motifs is 1. The number of halogens is 4. The average molecular weight is 511 g/mol. The predicted molar refractivity (Wildman–Crippen MR) is 142 cm³/mol. The van der Waals surface area contributed by atoms with Gasteiger partial charge in [-0.1, -0.05) is 73.8 Å². The summed E-state index contributed by atoms with van der Waals surface area (Å²) in [5.74, 6) is -1.20. The van der Waals surface area contributed by atoms with E-state index in [0.29, 0.717) is 35.4 Å². The van der Waals surface area contributed by atoms with E-state index < -0.39 is 11.6 Å². The molecule has 5 heteroatoms. The lowest BCUT2D eigenvalue weighted by Crippen LogP contribution is -2.03. The molecule has 4 aromatic carbocycles. The highest BCUT2D eigenvalue weighted by Crippen LogP contribution is 2.26. The van der Waals surface area contributed by atoms with E-state index in [2.05, 4.69) is 6.92 Å². The SMILES string of the molecule is CCCCCOc1cc(F)c(CCc2ccc3c(F)c(CCc4ccc(Cl)cc4)ccc3c2)c(F)c1. The van der Waals surface area contributed by atoms with Gasteiger partial charge in [0.25, 0.3) is 0 Å². The first kappa shape index (κ1) is 26.1. The first-order valence-corrected chi connectivity index (χ1v) is 12.9. The highest BCUT2D eigenvalue weighted by molar-refractivity contribution is 6.30. The molecule has 0 aliphatic heterocycles. The van der Waals surface area contributed by atoms with E-state index in [0.717, 1.165) is 42.2 Å². The maximum atomic E-state index is 15.2. The van der Waals surface area contributed by atoms with Crippen molar-refractivity contribution in [1.82, 2.24) is 0 Å². The monoisotopic (exact) mass is 510 g/mol. The Bertz CT molecular complexity index is 1290. The Morgan fingerprint density at radius 2 is 1.42 bits per heavy atom. The minimum Gasteiger partial charge on any atom is -0.493 e. The molecule has 0 unspecified atom stereocenters. The summed E-state index contributed by atoms with van der Waals surface area (Å²) < 4.78 is 49.8. The lowest BCUT2D eigenvalue weighted by Gasteiger charge is -2.11. The van der Waals surface area contributed by atoms with Crippen molar-refractivity contribution in [3.8, 4) is 5.75 Å². The molecule has 1 nitrogen and oxygen atoms in total. The number of unbranched alkanes of at least 4 members (excludes halogenated alkanes) is 2. The van der Waals surface area contributed by atoms with Crippen molar-refractivity contribution in [2.45, 2.75) is 51.9 Å². The normalized spacial score (nSPS) is 11.2. The van der Waals surface area contributed by atoms with Crippen LogP contribution in [0.1, 0.15) is 48.4 Å². The van der Waals surface area contributed by atoms with Crippen LogP contribution in [0.2, 0.25) is 5.02 Å². The largest absolute Gasteiger partial charge is 0.493 e. The zero-order chi connectivity index (χ0) is 25.5. The molecular weight excluding hydrogens is 481 g/mol. The predicted octanol–water partition coefficient (Wildman–Crippen LogP) is 9.05. The van der Waals surface area contributed by atoms with E-state index in [4.69, 9.17) is 16.3 Å². The van der Waals surface area contributed by atoms with Gasteiger partial charge in [-0.3, -0.25) is 0 Å². The van der Waals surface area contributed by atoms with E-state index in [-0.39, 0.29) is 23.6 Å². The van der Waals surface area contributed by atoms with Gasteiger partial charge in [-0.05, 0) is 66.3 Å². The summed E-state index contributed by atoms with van der Waals surface area (Å²) in [7, 11) is 0. The van der Waals surface area contributed by atoms with E-state index >= 15 is 4.39 Å². The molecule has 0 aromatic heterocycles. The lowest BCUT2D eigenvalue weighted by molar-refractivity contribution is 0.302. The Kier molecular flexibility index (Phi) is 8.93. The zero-order valence-electron chi connectivity index (χ0n) is 20.4. The third-order valence-corrected chi connectivity index (χ3v) is 6.74. The number of benzene rings is 4. The Morgan fingerprint density at radius 1 is 0.722 bits per heavy atom. The number of ether oxygens (including phenoxy) is 1. The molecule has 0 fully saturated rings. The standard InChI is InChI=1S/C31H30ClF3O/c1-2-3-4-17-36-26-19-29(33)28(30(34)20-26)16-9-22-8-15-27-24(18-22)12-11-23(31(27)35)10-5-21-6-13-25(32)14-7-21/h6-8,11-15,18-20H,2-5,9-10,16-17H2,1H3. The van der Waals surface area contributed by atoms with E-state index in [1.54, 1.807) is 6.07 Å². The Labute approximate surface area is 215 Å². The van der Waals surface area contributed by atoms with Gasteiger partial charge >= 0.3 is 0 Å². The zero-order valence-corrected chi connectivity index (χ0v) is 21.2. The fraction of sp³-hybridized carbons (Fsp3) is 0.290. The fourth-order valence-corrected chi connectivity index (χ4v) is 4.50. The van der Waals surface area contributed by atoms with Gasteiger partial charge in [-0.2, -0.15) is 0 Å². The molecule has 0 atom stereocenters. The van der Waals surface area contributed by atoms with Crippen molar-refractivity contribution in [3.63, 3.8) is 0 Å². The van der Waals surface area contributed by atoms with Gasteiger partial charge in [0.1, 0.15) is 23.2 Å². The molecule has 0 radical (unpaired) electrons. The van der Waals surface area contributed by atoms with E-state index in [1.807, 2.05) is 48.5 Å². The molecule has 0 aliphatic rings. The summed E-state index contributed by atoms with van der Waals surface area (Å²) in [5.41, 5.74) is 2.70. The molecule has 0 amide bonds. The summed E-state index contributed by atoms with van der Waals surface area (Å²) in [5, 5.41) is 2.01. The summed E-state index contributed by atoms with van der Waals surface area (Å²) in [6, 6.07) is 19.3. The Balaban J connectivity index is 1.41. The van der Waals surface area contributed by atoms with Crippen LogP contribution in [-0.4, -0.2) is 6.61 Å². The van der Waals surface area contributed by atoms with Gasteiger partial charge in [-0.15, -0.1) is 0 Å². The molecule has 0 heterocycles. The van der Waals surface area contributed by atoms with Crippen LogP contribution in [0.5, 0.6) is 5.75 Å². The highest BCUT2D eigenvalue weighted by atomic mass is 35.5. The van der Waals surface area contributed by atoms with Crippen LogP contribution in [0, 0.1) is 17.5 Å².